The van der Waals surface area contributed by atoms with Gasteiger partial charge in [-0.1, -0.05) is 15.9 Å². The topological polar surface area (TPSA) is 85.2 Å². The minimum Gasteiger partial charge on any atom is -0.394 e. The van der Waals surface area contributed by atoms with Crippen molar-refractivity contribution in [3.63, 3.8) is 0 Å². The van der Waals surface area contributed by atoms with Gasteiger partial charge in [0.05, 0.1) is 6.61 Å². The Labute approximate surface area is 135 Å². The Morgan fingerprint density at radius 1 is 1.38 bits per heavy atom. The van der Waals surface area contributed by atoms with E-state index in [2.05, 4.69) is 21.2 Å². The van der Waals surface area contributed by atoms with E-state index in [1.165, 1.54) is 0 Å². The van der Waals surface area contributed by atoms with E-state index in [4.69, 9.17) is 22.1 Å². The number of nitrogens with one attached hydrogen (secondary N) is 1. The first-order valence-electron chi connectivity index (χ1n) is 6.50. The van der Waals surface area contributed by atoms with Crippen molar-refractivity contribution in [2.45, 2.75) is 30.6 Å². The van der Waals surface area contributed by atoms with Crippen molar-refractivity contribution in [3.8, 4) is 0 Å². The third kappa shape index (κ3) is 2.56. The number of aliphatic hydroxyl groups is 3. The Morgan fingerprint density at radius 3 is 2.67 bits per heavy atom. The molecule has 21 heavy (non-hydrogen) atoms. The van der Waals surface area contributed by atoms with E-state index >= 15 is 0 Å². The lowest BCUT2D eigenvalue weighted by Gasteiger charge is -2.26. The predicted molar refractivity (Wildman–Crippen MR) is 83.9 cm³/mol. The molecule has 2 aliphatic heterocycles. The number of halogens is 1. The van der Waals surface area contributed by atoms with Gasteiger partial charge in [0.2, 0.25) is 0 Å². The van der Waals surface area contributed by atoms with Crippen LogP contribution in [0.4, 0.5) is 5.69 Å². The Hall–Kier alpha value is -0.770. The molecule has 8 heteroatoms. The smallest absolute Gasteiger partial charge is 0.176 e. The summed E-state index contributed by atoms with van der Waals surface area (Å²) in [4.78, 5) is 1.76. The second-order valence-corrected chi connectivity index (χ2v) is 6.36. The largest absolute Gasteiger partial charge is 0.394 e. The van der Waals surface area contributed by atoms with Gasteiger partial charge in [0.15, 0.2) is 11.3 Å². The molecule has 6 nitrogen and oxygen atoms in total. The number of thiocarbonyl (C=S) groups is 1. The molecule has 1 aromatic rings. The molecule has 0 bridgehead atoms. The minimum atomic E-state index is -1.13. The number of hydrogen-bond donors (Lipinski definition) is 4. The van der Waals surface area contributed by atoms with Crippen LogP contribution in [0, 0.1) is 0 Å². The van der Waals surface area contributed by atoms with Crippen LogP contribution in [0.3, 0.4) is 0 Å². The lowest BCUT2D eigenvalue weighted by atomic mass is 10.0. The molecule has 1 aromatic carbocycles. The molecule has 2 heterocycles. The van der Waals surface area contributed by atoms with Crippen molar-refractivity contribution in [2.24, 2.45) is 0 Å². The van der Waals surface area contributed by atoms with Crippen LogP contribution < -0.4 is 10.2 Å². The van der Waals surface area contributed by atoms with Gasteiger partial charge in [-0.3, -0.25) is 4.90 Å². The predicted octanol–water partition coefficient (Wildman–Crippen LogP) is -0.0488. The zero-order chi connectivity index (χ0) is 15.1. The van der Waals surface area contributed by atoms with E-state index in [9.17, 15) is 10.2 Å². The molecule has 5 unspecified atom stereocenters. The number of anilines is 1. The van der Waals surface area contributed by atoms with Crippen molar-refractivity contribution in [1.82, 2.24) is 5.32 Å². The highest BCUT2D eigenvalue weighted by molar-refractivity contribution is 9.10. The van der Waals surface area contributed by atoms with Gasteiger partial charge in [-0.25, -0.2) is 0 Å². The number of benzene rings is 1. The molecule has 3 rings (SSSR count). The van der Waals surface area contributed by atoms with Gasteiger partial charge in [-0.05, 0) is 36.5 Å². The van der Waals surface area contributed by atoms with Crippen LogP contribution in [-0.2, 0) is 4.74 Å². The van der Waals surface area contributed by atoms with Crippen LogP contribution in [0.25, 0.3) is 0 Å². The monoisotopic (exact) mass is 374 g/mol. The summed E-state index contributed by atoms with van der Waals surface area (Å²) in [6, 6.07) is 7.10. The fraction of sp³-hybridized carbons (Fsp3) is 0.462. The highest BCUT2D eigenvalue weighted by Gasteiger charge is 2.53. The van der Waals surface area contributed by atoms with Crippen LogP contribution in [0.5, 0.6) is 0 Å². The molecule has 0 saturated carbocycles. The zero-order valence-electron chi connectivity index (χ0n) is 10.9. The van der Waals surface area contributed by atoms with Crippen LogP contribution in [0.1, 0.15) is 0 Å². The Morgan fingerprint density at radius 2 is 2.05 bits per heavy atom. The lowest BCUT2D eigenvalue weighted by molar-refractivity contribution is -0.0798. The summed E-state index contributed by atoms with van der Waals surface area (Å²) in [6.45, 7) is -0.468. The average Bonchev–Trinajstić information content (AvgIpc) is 2.96. The number of nitrogens with zero attached hydrogens (tertiary/aromatic N) is 1. The number of ether oxygens (including phenoxy) is 1. The second kappa shape index (κ2) is 5.79. The summed E-state index contributed by atoms with van der Waals surface area (Å²) >= 11 is 8.67. The molecule has 0 aromatic heterocycles. The molecule has 4 N–H and O–H groups in total. The fourth-order valence-electron chi connectivity index (χ4n) is 2.69. The maximum atomic E-state index is 10.2. The molecule has 0 radical (unpaired) electrons. The van der Waals surface area contributed by atoms with E-state index < -0.39 is 37.2 Å². The maximum absolute atomic E-state index is 10.2. The molecule has 5 atom stereocenters. The molecule has 0 amide bonds. The van der Waals surface area contributed by atoms with Crippen LogP contribution >= 0.6 is 28.1 Å². The molecular weight excluding hydrogens is 360 g/mol. The quantitative estimate of drug-likeness (QED) is 0.552. The van der Waals surface area contributed by atoms with Crippen molar-refractivity contribution in [2.75, 3.05) is 11.5 Å². The standard InChI is InChI=1S/C13H15BrN2O4S/c14-6-1-3-7(4-2-6)16-12-9(15-13(16)21)10(19)11(20-12)8(18)5-17/h1-4,8-12,17-19H,5H2,(H,15,21). The SMILES string of the molecule is OCC(O)C1OC2C(NC(=S)N2c2ccc(Br)cc2)C1O. The first kappa shape index (κ1) is 15.1. The van der Waals surface area contributed by atoms with Crippen LogP contribution in [0.15, 0.2) is 28.7 Å². The van der Waals surface area contributed by atoms with Crippen molar-refractivity contribution >= 4 is 38.9 Å². The van der Waals surface area contributed by atoms with E-state index in [-0.39, 0.29) is 0 Å². The van der Waals surface area contributed by atoms with E-state index in [1.807, 2.05) is 24.3 Å². The van der Waals surface area contributed by atoms with Gasteiger partial charge in [0.1, 0.15) is 24.4 Å². The maximum Gasteiger partial charge on any atom is 0.176 e. The van der Waals surface area contributed by atoms with Crippen molar-refractivity contribution < 1.29 is 20.1 Å². The zero-order valence-corrected chi connectivity index (χ0v) is 13.3. The normalized spacial score (nSPS) is 33.0. The summed E-state index contributed by atoms with van der Waals surface area (Å²) in [7, 11) is 0. The number of rotatable bonds is 3. The van der Waals surface area contributed by atoms with Gasteiger partial charge in [0.25, 0.3) is 0 Å². The third-order valence-electron chi connectivity index (χ3n) is 3.74. The summed E-state index contributed by atoms with van der Waals surface area (Å²) in [6.07, 6.45) is -3.44. The van der Waals surface area contributed by atoms with E-state index in [0.717, 1.165) is 10.2 Å². The lowest BCUT2D eigenvalue weighted by Crippen LogP contribution is -2.45. The Balaban J connectivity index is 1.86. The second-order valence-electron chi connectivity index (χ2n) is 5.05. The van der Waals surface area contributed by atoms with Gasteiger partial charge in [-0.2, -0.15) is 0 Å². The summed E-state index contributed by atoms with van der Waals surface area (Å²) in [5.74, 6) is 0. The minimum absolute atomic E-state index is 0.438. The molecule has 2 fully saturated rings. The number of fused-ring (bicyclic) bond motifs is 1. The Kier molecular flexibility index (Phi) is 4.17. The number of aliphatic hydroxyl groups excluding tert-OH is 3. The highest BCUT2D eigenvalue weighted by Crippen LogP contribution is 2.34. The fourth-order valence-corrected chi connectivity index (χ4v) is 3.30. The first-order chi connectivity index (χ1) is 10.0. The van der Waals surface area contributed by atoms with Crippen LogP contribution in [-0.4, -0.2) is 57.6 Å². The van der Waals surface area contributed by atoms with Crippen molar-refractivity contribution in [1.29, 1.82) is 0 Å². The van der Waals surface area contributed by atoms with Gasteiger partial charge in [-0.15, -0.1) is 0 Å². The first-order valence-corrected chi connectivity index (χ1v) is 7.71. The van der Waals surface area contributed by atoms with Gasteiger partial charge < -0.3 is 25.4 Å². The summed E-state index contributed by atoms with van der Waals surface area (Å²) in [5, 5.41) is 32.5. The van der Waals surface area contributed by atoms with Gasteiger partial charge in [0, 0.05) is 10.2 Å². The summed E-state index contributed by atoms with van der Waals surface area (Å²) < 4.78 is 6.67. The molecular formula is C13H15BrN2O4S. The van der Waals surface area contributed by atoms with E-state index in [0.29, 0.717) is 5.11 Å². The molecule has 0 spiro atoms. The highest BCUT2D eigenvalue weighted by atomic mass is 79.9. The van der Waals surface area contributed by atoms with Gasteiger partial charge >= 0.3 is 0 Å². The molecule has 0 aliphatic carbocycles. The summed E-state index contributed by atoms with van der Waals surface area (Å²) in [5.41, 5.74) is 0.828. The Bertz CT molecular complexity index is 543. The van der Waals surface area contributed by atoms with E-state index in [1.54, 1.807) is 4.90 Å². The molecule has 114 valence electrons. The van der Waals surface area contributed by atoms with Crippen molar-refractivity contribution in [3.05, 3.63) is 28.7 Å². The number of hydrogen-bond acceptors (Lipinski definition) is 5. The van der Waals surface area contributed by atoms with Crippen LogP contribution in [0.2, 0.25) is 0 Å². The third-order valence-corrected chi connectivity index (χ3v) is 4.59. The average molecular weight is 375 g/mol. The molecule has 2 saturated heterocycles. The molecule has 2 aliphatic rings.